The summed E-state index contributed by atoms with van der Waals surface area (Å²) in [5, 5.41) is 0. The Bertz CT molecular complexity index is 96.0. The molecular weight excluding hydrogens is 130 g/mol. The van der Waals surface area contributed by atoms with Crippen LogP contribution in [0.5, 0.6) is 0 Å². The molecule has 0 aliphatic carbocycles. The molecule has 0 aromatic heterocycles. The first kappa shape index (κ1) is 7.72. The number of carbonyl (C=O) groups is 1. The number of carbonyl (C=O) groups excluding carboxylic acids is 1. The third kappa shape index (κ3) is 1.68. The van der Waals surface area contributed by atoms with Crippen molar-refractivity contribution in [2.45, 2.75) is 12.5 Å². The van der Waals surface area contributed by atoms with Gasteiger partial charge in [-0.3, -0.25) is 4.79 Å². The Kier molecular flexibility index (Phi) is 2.79. The summed E-state index contributed by atoms with van der Waals surface area (Å²) in [7, 11) is 0. The van der Waals surface area contributed by atoms with E-state index in [0.29, 0.717) is 13.0 Å². The first-order chi connectivity index (χ1) is 3.29. The van der Waals surface area contributed by atoms with Crippen molar-refractivity contribution in [2.24, 2.45) is 5.73 Å². The summed E-state index contributed by atoms with van der Waals surface area (Å²) in [6, 6.07) is -0.0486. The zero-order valence-corrected chi connectivity index (χ0v) is 5.11. The van der Waals surface area contributed by atoms with Crippen molar-refractivity contribution < 1.29 is 9.53 Å². The number of hydrogen-bond donors (Lipinski definition) is 1. The van der Waals surface area contributed by atoms with Gasteiger partial charge in [0.25, 0.3) is 0 Å². The van der Waals surface area contributed by atoms with Gasteiger partial charge in [-0.05, 0) is 0 Å². The quantitative estimate of drug-likeness (QED) is 0.466. The minimum atomic E-state index is -0.174. The fraction of sp³-hybridized carbons (Fsp3) is 0.750. The maximum atomic E-state index is 10.2. The molecule has 1 atom stereocenters. The zero-order chi connectivity index (χ0) is 5.28. The highest BCUT2D eigenvalue weighted by atomic mass is 35.5. The normalized spacial score (nSPS) is 26.6. The summed E-state index contributed by atoms with van der Waals surface area (Å²) in [6.45, 7) is 0.402. The van der Waals surface area contributed by atoms with Gasteiger partial charge in [-0.1, -0.05) is 0 Å². The van der Waals surface area contributed by atoms with Crippen LogP contribution >= 0.6 is 12.4 Å². The molecule has 1 heterocycles. The molecule has 2 N–H and O–H groups in total. The van der Waals surface area contributed by atoms with Gasteiger partial charge < -0.3 is 10.5 Å². The summed E-state index contributed by atoms with van der Waals surface area (Å²) in [6.07, 6.45) is 0.389. The lowest BCUT2D eigenvalue weighted by molar-refractivity contribution is -0.137. The SMILES string of the molecule is Cl.N[C@H]1COC(=O)C1. The van der Waals surface area contributed by atoms with Gasteiger partial charge >= 0.3 is 5.97 Å². The van der Waals surface area contributed by atoms with E-state index in [1.165, 1.54) is 0 Å². The molecule has 48 valence electrons. The zero-order valence-electron chi connectivity index (χ0n) is 4.29. The number of esters is 1. The minimum Gasteiger partial charge on any atom is -0.464 e. The van der Waals surface area contributed by atoms with Crippen LogP contribution < -0.4 is 5.73 Å². The number of nitrogens with two attached hydrogens (primary N) is 1. The van der Waals surface area contributed by atoms with Crippen LogP contribution in [0.4, 0.5) is 0 Å². The molecule has 0 radical (unpaired) electrons. The Morgan fingerprint density at radius 1 is 1.75 bits per heavy atom. The summed E-state index contributed by atoms with van der Waals surface area (Å²) in [4.78, 5) is 10.2. The molecule has 8 heavy (non-hydrogen) atoms. The van der Waals surface area contributed by atoms with Crippen molar-refractivity contribution in [2.75, 3.05) is 6.61 Å². The maximum Gasteiger partial charge on any atom is 0.307 e. The van der Waals surface area contributed by atoms with Crippen LogP contribution in [0.1, 0.15) is 6.42 Å². The summed E-state index contributed by atoms with van der Waals surface area (Å²) in [5.41, 5.74) is 5.28. The molecule has 0 bridgehead atoms. The highest BCUT2D eigenvalue weighted by Crippen LogP contribution is 2.00. The number of rotatable bonds is 0. The Hall–Kier alpha value is -0.280. The smallest absolute Gasteiger partial charge is 0.307 e. The summed E-state index contributed by atoms with van der Waals surface area (Å²) >= 11 is 0. The lowest BCUT2D eigenvalue weighted by Crippen LogP contribution is -2.18. The van der Waals surface area contributed by atoms with Crippen molar-refractivity contribution in [1.29, 1.82) is 0 Å². The maximum absolute atomic E-state index is 10.2. The third-order valence-corrected chi connectivity index (χ3v) is 0.887. The minimum absolute atomic E-state index is 0. The summed E-state index contributed by atoms with van der Waals surface area (Å²) in [5.74, 6) is -0.174. The molecule has 0 aromatic carbocycles. The van der Waals surface area contributed by atoms with Crippen molar-refractivity contribution >= 4 is 18.4 Å². The van der Waals surface area contributed by atoms with Gasteiger partial charge in [0.15, 0.2) is 0 Å². The number of ether oxygens (including phenoxy) is 1. The van der Waals surface area contributed by atoms with Crippen LogP contribution in [-0.2, 0) is 9.53 Å². The van der Waals surface area contributed by atoms with Crippen molar-refractivity contribution in [3.05, 3.63) is 0 Å². The second-order valence-corrected chi connectivity index (χ2v) is 1.65. The molecule has 0 unspecified atom stereocenters. The van der Waals surface area contributed by atoms with E-state index >= 15 is 0 Å². The van der Waals surface area contributed by atoms with Gasteiger partial charge in [0.2, 0.25) is 0 Å². The Balaban J connectivity index is 0.000000490. The topological polar surface area (TPSA) is 52.3 Å². The van der Waals surface area contributed by atoms with E-state index in [-0.39, 0.29) is 24.4 Å². The fourth-order valence-corrected chi connectivity index (χ4v) is 0.532. The van der Waals surface area contributed by atoms with Crippen molar-refractivity contribution in [3.63, 3.8) is 0 Å². The molecule has 1 fully saturated rings. The highest BCUT2D eigenvalue weighted by Gasteiger charge is 2.18. The van der Waals surface area contributed by atoms with E-state index in [9.17, 15) is 4.79 Å². The third-order valence-electron chi connectivity index (χ3n) is 0.887. The predicted octanol–water partition coefficient (Wildman–Crippen LogP) is -0.318. The van der Waals surface area contributed by atoms with Crippen LogP contribution in [0.15, 0.2) is 0 Å². The second-order valence-electron chi connectivity index (χ2n) is 1.65. The molecule has 1 aliphatic rings. The molecule has 0 spiro atoms. The van der Waals surface area contributed by atoms with E-state index in [0.717, 1.165) is 0 Å². The van der Waals surface area contributed by atoms with Gasteiger partial charge in [-0.25, -0.2) is 0 Å². The second kappa shape index (κ2) is 2.89. The lowest BCUT2D eigenvalue weighted by Gasteiger charge is -1.88. The number of hydrogen-bond acceptors (Lipinski definition) is 3. The molecule has 0 saturated carbocycles. The van der Waals surface area contributed by atoms with Crippen LogP contribution in [0.2, 0.25) is 0 Å². The van der Waals surface area contributed by atoms with Crippen LogP contribution in [-0.4, -0.2) is 18.6 Å². The van der Waals surface area contributed by atoms with E-state index in [1.54, 1.807) is 0 Å². The number of cyclic esters (lactones) is 1. The van der Waals surface area contributed by atoms with Gasteiger partial charge in [0.1, 0.15) is 6.61 Å². The van der Waals surface area contributed by atoms with Gasteiger partial charge in [0, 0.05) is 6.04 Å². The molecule has 4 heteroatoms. The monoisotopic (exact) mass is 137 g/mol. The molecule has 3 nitrogen and oxygen atoms in total. The first-order valence-electron chi connectivity index (χ1n) is 2.20. The predicted molar refractivity (Wildman–Crippen MR) is 30.8 cm³/mol. The lowest BCUT2D eigenvalue weighted by atomic mass is 10.3. The standard InChI is InChI=1S/C4H7NO2.ClH/c5-3-1-4(6)7-2-3;/h3H,1-2,5H2;1H/t3-;/m1./s1. The Labute approximate surface area is 53.6 Å². The average molecular weight is 138 g/mol. The summed E-state index contributed by atoms with van der Waals surface area (Å²) < 4.78 is 4.50. The molecule has 0 amide bonds. The van der Waals surface area contributed by atoms with Crippen LogP contribution in [0, 0.1) is 0 Å². The van der Waals surface area contributed by atoms with E-state index in [4.69, 9.17) is 5.73 Å². The highest BCUT2D eigenvalue weighted by molar-refractivity contribution is 5.85. The largest absolute Gasteiger partial charge is 0.464 e. The molecule has 1 aliphatic heterocycles. The van der Waals surface area contributed by atoms with Gasteiger partial charge in [0.05, 0.1) is 6.42 Å². The van der Waals surface area contributed by atoms with Crippen LogP contribution in [0.25, 0.3) is 0 Å². The Morgan fingerprint density at radius 2 is 2.38 bits per heavy atom. The van der Waals surface area contributed by atoms with Crippen LogP contribution in [0.3, 0.4) is 0 Å². The van der Waals surface area contributed by atoms with Crippen molar-refractivity contribution in [1.82, 2.24) is 0 Å². The van der Waals surface area contributed by atoms with E-state index in [1.807, 2.05) is 0 Å². The molecule has 1 saturated heterocycles. The van der Waals surface area contributed by atoms with E-state index < -0.39 is 0 Å². The molecular formula is C4H8ClNO2. The molecule has 1 rings (SSSR count). The van der Waals surface area contributed by atoms with Crippen molar-refractivity contribution in [3.8, 4) is 0 Å². The van der Waals surface area contributed by atoms with E-state index in [2.05, 4.69) is 4.74 Å². The Morgan fingerprint density at radius 3 is 2.50 bits per heavy atom. The van der Waals surface area contributed by atoms with Gasteiger partial charge in [-0.2, -0.15) is 0 Å². The number of halogens is 1. The fourth-order valence-electron chi connectivity index (χ4n) is 0.532. The molecule has 0 aromatic rings. The average Bonchev–Trinajstić information content (AvgIpc) is 1.87. The first-order valence-corrected chi connectivity index (χ1v) is 2.20. The van der Waals surface area contributed by atoms with Gasteiger partial charge in [-0.15, -0.1) is 12.4 Å².